The Morgan fingerprint density at radius 3 is 2.39 bits per heavy atom. The molecule has 1 aromatic carbocycles. The second-order valence-electron chi connectivity index (χ2n) is 6.67. The highest BCUT2D eigenvalue weighted by Crippen LogP contribution is 2.30. The van der Waals surface area contributed by atoms with Gasteiger partial charge < -0.3 is 9.80 Å². The van der Waals surface area contributed by atoms with Gasteiger partial charge in [-0.05, 0) is 37.0 Å². The average Bonchev–Trinajstić information content (AvgIpc) is 2.56. The van der Waals surface area contributed by atoms with Crippen LogP contribution in [0.2, 0.25) is 10.0 Å². The van der Waals surface area contributed by atoms with Gasteiger partial charge in [0, 0.05) is 37.6 Å². The number of hydrogen-bond acceptors (Lipinski definition) is 2. The molecule has 0 N–H and O–H groups in total. The van der Waals surface area contributed by atoms with Gasteiger partial charge in [-0.25, -0.2) is 0 Å². The summed E-state index contributed by atoms with van der Waals surface area (Å²) in [5.74, 6) is 0.943. The normalized spacial score (nSPS) is 19.9. The zero-order chi connectivity index (χ0) is 16.2. The predicted octanol–water partition coefficient (Wildman–Crippen LogP) is 4.61. The molecule has 23 heavy (non-hydrogen) atoms. The van der Waals surface area contributed by atoms with Crippen molar-refractivity contribution in [2.24, 2.45) is 5.92 Å². The van der Waals surface area contributed by atoms with E-state index in [1.54, 1.807) is 6.07 Å². The zero-order valence-electron chi connectivity index (χ0n) is 13.4. The Hall–Kier alpha value is -0.930. The first-order chi connectivity index (χ1) is 11.1. The summed E-state index contributed by atoms with van der Waals surface area (Å²) in [5.41, 5.74) is 1.01. The lowest BCUT2D eigenvalue weighted by Crippen LogP contribution is -2.49. The van der Waals surface area contributed by atoms with Crippen LogP contribution in [0.4, 0.5) is 5.69 Å². The molecule has 1 saturated heterocycles. The molecule has 0 aromatic heterocycles. The summed E-state index contributed by atoms with van der Waals surface area (Å²) >= 11 is 12.2. The number of halogens is 2. The van der Waals surface area contributed by atoms with E-state index in [0.29, 0.717) is 21.9 Å². The Labute approximate surface area is 148 Å². The lowest BCUT2D eigenvalue weighted by atomic mass is 9.86. The number of carbonyl (C=O) groups excluding carboxylic acids is 1. The van der Waals surface area contributed by atoms with Crippen molar-refractivity contribution in [3.05, 3.63) is 28.2 Å². The summed E-state index contributed by atoms with van der Waals surface area (Å²) in [4.78, 5) is 16.7. The Morgan fingerprint density at radius 2 is 1.74 bits per heavy atom. The maximum absolute atomic E-state index is 12.5. The van der Waals surface area contributed by atoms with Gasteiger partial charge in [-0.3, -0.25) is 4.79 Å². The third kappa shape index (κ3) is 4.33. The number of anilines is 1. The lowest BCUT2D eigenvalue weighted by molar-refractivity contribution is -0.132. The fourth-order valence-electron chi connectivity index (χ4n) is 3.70. The molecule has 0 atom stereocenters. The summed E-state index contributed by atoms with van der Waals surface area (Å²) in [6, 6.07) is 5.60. The number of benzene rings is 1. The number of hydrogen-bond donors (Lipinski definition) is 0. The number of amides is 1. The smallest absolute Gasteiger partial charge is 0.222 e. The van der Waals surface area contributed by atoms with Crippen LogP contribution in [0.5, 0.6) is 0 Å². The van der Waals surface area contributed by atoms with Crippen LogP contribution in [0.3, 0.4) is 0 Å². The van der Waals surface area contributed by atoms with Gasteiger partial charge in [0.05, 0.1) is 10.7 Å². The third-order valence-electron chi connectivity index (χ3n) is 5.07. The lowest BCUT2D eigenvalue weighted by Gasteiger charge is -2.37. The van der Waals surface area contributed by atoms with Gasteiger partial charge in [0.25, 0.3) is 0 Å². The van der Waals surface area contributed by atoms with Crippen molar-refractivity contribution >= 4 is 34.8 Å². The van der Waals surface area contributed by atoms with E-state index in [1.807, 2.05) is 17.0 Å². The first kappa shape index (κ1) is 16.9. The molecule has 2 fully saturated rings. The number of rotatable bonds is 3. The van der Waals surface area contributed by atoms with E-state index in [0.717, 1.165) is 38.3 Å². The molecule has 1 heterocycles. The molecular formula is C18H24Cl2N2O. The van der Waals surface area contributed by atoms with Crippen LogP contribution >= 0.6 is 23.2 Å². The molecule has 0 bridgehead atoms. The molecule has 1 amide bonds. The maximum atomic E-state index is 12.5. The van der Waals surface area contributed by atoms with Crippen molar-refractivity contribution in [2.75, 3.05) is 31.1 Å². The average molecular weight is 355 g/mol. The minimum Gasteiger partial charge on any atom is -0.367 e. The van der Waals surface area contributed by atoms with E-state index in [1.165, 1.54) is 32.1 Å². The molecule has 1 aliphatic heterocycles. The minimum absolute atomic E-state index is 0.332. The number of piperazine rings is 1. The van der Waals surface area contributed by atoms with Crippen molar-refractivity contribution < 1.29 is 4.79 Å². The molecule has 3 nitrogen and oxygen atoms in total. The zero-order valence-corrected chi connectivity index (χ0v) is 15.0. The summed E-state index contributed by atoms with van der Waals surface area (Å²) in [5, 5.41) is 1.33. The topological polar surface area (TPSA) is 23.6 Å². The predicted molar refractivity (Wildman–Crippen MR) is 96.4 cm³/mol. The molecule has 1 aliphatic carbocycles. The molecule has 1 saturated carbocycles. The molecule has 2 aliphatic rings. The summed E-state index contributed by atoms with van der Waals surface area (Å²) in [6.07, 6.45) is 7.12. The van der Waals surface area contributed by atoms with Crippen LogP contribution in [-0.4, -0.2) is 37.0 Å². The van der Waals surface area contributed by atoms with E-state index in [4.69, 9.17) is 23.2 Å². The molecule has 3 rings (SSSR count). The Bertz CT molecular complexity index is 550. The van der Waals surface area contributed by atoms with Gasteiger partial charge in [-0.15, -0.1) is 0 Å². The molecule has 126 valence electrons. The largest absolute Gasteiger partial charge is 0.367 e. The first-order valence-electron chi connectivity index (χ1n) is 8.61. The minimum atomic E-state index is 0.332. The summed E-state index contributed by atoms with van der Waals surface area (Å²) in [6.45, 7) is 3.23. The second kappa shape index (κ2) is 7.76. The first-order valence-corrected chi connectivity index (χ1v) is 9.37. The maximum Gasteiger partial charge on any atom is 0.222 e. The second-order valence-corrected chi connectivity index (χ2v) is 7.52. The molecule has 0 unspecified atom stereocenters. The Balaban J connectivity index is 1.52. The Kier molecular flexibility index (Phi) is 5.71. The summed E-state index contributed by atoms with van der Waals surface area (Å²) in [7, 11) is 0. The van der Waals surface area contributed by atoms with Crippen LogP contribution in [0.15, 0.2) is 18.2 Å². The van der Waals surface area contributed by atoms with E-state index in [-0.39, 0.29) is 0 Å². The van der Waals surface area contributed by atoms with Crippen LogP contribution in [0.1, 0.15) is 38.5 Å². The van der Waals surface area contributed by atoms with E-state index < -0.39 is 0 Å². The summed E-state index contributed by atoms with van der Waals surface area (Å²) < 4.78 is 0. The SMILES string of the molecule is O=C(CC1CCCCC1)N1CCN(c2ccc(Cl)cc2Cl)CC1. The monoisotopic (exact) mass is 354 g/mol. The molecule has 0 spiro atoms. The van der Waals surface area contributed by atoms with Gasteiger partial charge >= 0.3 is 0 Å². The quantitative estimate of drug-likeness (QED) is 0.790. The fraction of sp³-hybridized carbons (Fsp3) is 0.611. The third-order valence-corrected chi connectivity index (χ3v) is 5.61. The fourth-order valence-corrected chi connectivity index (χ4v) is 4.23. The van der Waals surface area contributed by atoms with Gasteiger partial charge in [-0.2, -0.15) is 0 Å². The van der Waals surface area contributed by atoms with Gasteiger partial charge in [0.1, 0.15) is 0 Å². The van der Waals surface area contributed by atoms with Gasteiger partial charge in [-0.1, -0.05) is 42.5 Å². The van der Waals surface area contributed by atoms with Crippen molar-refractivity contribution in [1.29, 1.82) is 0 Å². The Morgan fingerprint density at radius 1 is 1.04 bits per heavy atom. The highest BCUT2D eigenvalue weighted by atomic mass is 35.5. The van der Waals surface area contributed by atoms with Gasteiger partial charge in [0.2, 0.25) is 5.91 Å². The van der Waals surface area contributed by atoms with Crippen LogP contribution in [0, 0.1) is 5.92 Å². The number of nitrogens with zero attached hydrogens (tertiary/aromatic N) is 2. The highest BCUT2D eigenvalue weighted by molar-refractivity contribution is 6.36. The standard InChI is InChI=1S/C18H24Cl2N2O/c19-15-6-7-17(16(20)13-15)21-8-10-22(11-9-21)18(23)12-14-4-2-1-3-5-14/h6-7,13-14H,1-5,8-12H2. The highest BCUT2D eigenvalue weighted by Gasteiger charge is 2.25. The molecule has 1 aromatic rings. The number of carbonyl (C=O) groups is 1. The molecule has 5 heteroatoms. The van der Waals surface area contributed by atoms with Crippen LogP contribution < -0.4 is 4.90 Å². The van der Waals surface area contributed by atoms with Crippen LogP contribution in [0.25, 0.3) is 0 Å². The van der Waals surface area contributed by atoms with Crippen molar-refractivity contribution in [2.45, 2.75) is 38.5 Å². The van der Waals surface area contributed by atoms with Crippen LogP contribution in [-0.2, 0) is 4.79 Å². The van der Waals surface area contributed by atoms with E-state index >= 15 is 0 Å². The van der Waals surface area contributed by atoms with Gasteiger partial charge in [0.15, 0.2) is 0 Å². The molecule has 0 radical (unpaired) electrons. The van der Waals surface area contributed by atoms with Crippen molar-refractivity contribution in [1.82, 2.24) is 4.90 Å². The van der Waals surface area contributed by atoms with E-state index in [2.05, 4.69) is 4.90 Å². The van der Waals surface area contributed by atoms with E-state index in [9.17, 15) is 4.79 Å². The molecular weight excluding hydrogens is 331 g/mol. The van der Waals surface area contributed by atoms with Crippen molar-refractivity contribution in [3.63, 3.8) is 0 Å². The van der Waals surface area contributed by atoms with Crippen molar-refractivity contribution in [3.8, 4) is 0 Å².